The Morgan fingerprint density at radius 3 is 2.83 bits per heavy atom. The second-order valence-electron chi connectivity index (χ2n) is 4.05. The van der Waals surface area contributed by atoms with Crippen LogP contribution in [0.15, 0.2) is 18.2 Å². The second kappa shape index (κ2) is 4.13. The number of hydrogen-bond donors (Lipinski definition) is 2. The lowest BCUT2D eigenvalue weighted by molar-refractivity contribution is 0.469. The topological polar surface area (TPSA) is 72.0 Å². The minimum atomic E-state index is -0.526. The van der Waals surface area contributed by atoms with Gasteiger partial charge in [-0.2, -0.15) is 11.8 Å². The van der Waals surface area contributed by atoms with Gasteiger partial charge >= 0.3 is 0 Å². The fourth-order valence-electron chi connectivity index (χ4n) is 1.91. The van der Waals surface area contributed by atoms with Crippen LogP contribution in [0.2, 0.25) is 0 Å². The zero-order valence-electron chi connectivity index (χ0n) is 9.35. The molecule has 0 bridgehead atoms. The van der Waals surface area contributed by atoms with Gasteiger partial charge in [-0.3, -0.25) is 0 Å². The Balaban J connectivity index is 2.15. The van der Waals surface area contributed by atoms with Crippen LogP contribution in [0.25, 0.3) is 11.4 Å². The molecule has 4 nitrogen and oxygen atoms in total. The number of halogens is 1. The predicted octanol–water partition coefficient (Wildman–Crippen LogP) is 2.32. The van der Waals surface area contributed by atoms with E-state index in [9.17, 15) is 9.50 Å². The molecule has 0 atom stereocenters. The van der Waals surface area contributed by atoms with Crippen molar-refractivity contribution in [2.75, 3.05) is 5.73 Å². The third-order valence-electron chi connectivity index (χ3n) is 2.75. The molecule has 0 amide bonds. The number of phenolic OH excluding ortho intramolecular Hbond substituents is 1. The molecule has 1 aliphatic rings. The summed E-state index contributed by atoms with van der Waals surface area (Å²) < 4.78 is 13.2. The molecule has 1 aliphatic heterocycles. The molecule has 2 heterocycles. The van der Waals surface area contributed by atoms with Gasteiger partial charge in [-0.05, 0) is 12.1 Å². The molecule has 3 N–H and O–H groups in total. The number of nitrogens with zero attached hydrogens (tertiary/aromatic N) is 2. The molecule has 1 aromatic heterocycles. The minimum Gasteiger partial charge on any atom is -0.508 e. The molecule has 0 radical (unpaired) electrons. The minimum absolute atomic E-state index is 0.151. The van der Waals surface area contributed by atoms with Gasteiger partial charge in [0.05, 0.1) is 5.69 Å². The van der Waals surface area contributed by atoms with Gasteiger partial charge in [0, 0.05) is 28.7 Å². The van der Waals surface area contributed by atoms with Crippen LogP contribution in [0.3, 0.4) is 0 Å². The number of hydrogen-bond acceptors (Lipinski definition) is 5. The van der Waals surface area contributed by atoms with E-state index in [1.54, 1.807) is 11.8 Å². The summed E-state index contributed by atoms with van der Waals surface area (Å²) in [4.78, 5) is 8.55. The molecule has 0 saturated carbocycles. The fourth-order valence-corrected chi connectivity index (χ4v) is 2.96. The highest BCUT2D eigenvalue weighted by atomic mass is 32.2. The maximum Gasteiger partial charge on any atom is 0.162 e. The Bertz CT molecular complexity index is 613. The molecule has 1 aromatic carbocycles. The molecule has 0 fully saturated rings. The van der Waals surface area contributed by atoms with Gasteiger partial charge in [-0.25, -0.2) is 14.4 Å². The molecule has 92 valence electrons. The van der Waals surface area contributed by atoms with Crippen LogP contribution in [0.1, 0.15) is 11.3 Å². The molecule has 0 saturated heterocycles. The maximum atomic E-state index is 13.2. The van der Waals surface area contributed by atoms with Crippen molar-refractivity contribution in [3.05, 3.63) is 35.3 Å². The number of nitrogens with two attached hydrogens (primary N) is 1. The summed E-state index contributed by atoms with van der Waals surface area (Å²) in [6.07, 6.45) is 0. The molecular formula is C12H10FN3OS. The summed E-state index contributed by atoms with van der Waals surface area (Å²) in [5, 5.41) is 9.39. The van der Waals surface area contributed by atoms with Crippen LogP contribution in [0.5, 0.6) is 5.75 Å². The Morgan fingerprint density at radius 1 is 1.22 bits per heavy atom. The molecule has 18 heavy (non-hydrogen) atoms. The molecule has 2 aromatic rings. The zero-order chi connectivity index (χ0) is 12.7. The van der Waals surface area contributed by atoms with Gasteiger partial charge in [0.15, 0.2) is 5.82 Å². The lowest BCUT2D eigenvalue weighted by Gasteiger charge is -2.06. The fraction of sp³-hybridized carbons (Fsp3) is 0.167. The summed E-state index contributed by atoms with van der Waals surface area (Å²) in [7, 11) is 0. The number of anilines is 1. The van der Waals surface area contributed by atoms with Crippen LogP contribution >= 0.6 is 11.8 Å². The van der Waals surface area contributed by atoms with Gasteiger partial charge < -0.3 is 10.8 Å². The predicted molar refractivity (Wildman–Crippen MR) is 68.5 cm³/mol. The average molecular weight is 263 g/mol. The van der Waals surface area contributed by atoms with E-state index in [1.165, 1.54) is 12.1 Å². The van der Waals surface area contributed by atoms with E-state index in [-0.39, 0.29) is 5.75 Å². The first-order valence-electron chi connectivity index (χ1n) is 5.36. The van der Waals surface area contributed by atoms with Gasteiger partial charge in [0.2, 0.25) is 0 Å². The van der Waals surface area contributed by atoms with Gasteiger partial charge in [-0.15, -0.1) is 0 Å². The summed E-state index contributed by atoms with van der Waals surface area (Å²) in [6, 6.07) is 3.74. The molecule has 0 spiro atoms. The molecular weight excluding hydrogens is 253 g/mol. The normalized spacial score (nSPS) is 13.6. The van der Waals surface area contributed by atoms with E-state index >= 15 is 0 Å². The average Bonchev–Trinajstić information content (AvgIpc) is 2.76. The Labute approximate surface area is 107 Å². The summed E-state index contributed by atoms with van der Waals surface area (Å²) >= 11 is 1.72. The van der Waals surface area contributed by atoms with Crippen molar-refractivity contribution in [2.45, 2.75) is 11.5 Å². The summed E-state index contributed by atoms with van der Waals surface area (Å²) in [5.41, 5.74) is 8.15. The molecule has 0 unspecified atom stereocenters. The first-order chi connectivity index (χ1) is 8.63. The van der Waals surface area contributed by atoms with Gasteiger partial charge in [0.1, 0.15) is 17.4 Å². The smallest absolute Gasteiger partial charge is 0.162 e. The summed E-state index contributed by atoms with van der Waals surface area (Å²) in [6.45, 7) is 0. The third-order valence-corrected chi connectivity index (χ3v) is 3.72. The van der Waals surface area contributed by atoms with Crippen molar-refractivity contribution in [3.63, 3.8) is 0 Å². The van der Waals surface area contributed by atoms with E-state index in [2.05, 4.69) is 9.97 Å². The van der Waals surface area contributed by atoms with Gasteiger partial charge in [-0.1, -0.05) is 0 Å². The number of benzene rings is 1. The SMILES string of the molecule is Nc1nc(-c2cc(O)cc(F)c2)nc2c1CSC2. The second-order valence-corrected chi connectivity index (χ2v) is 5.03. The van der Waals surface area contributed by atoms with Crippen molar-refractivity contribution in [1.82, 2.24) is 9.97 Å². The van der Waals surface area contributed by atoms with Crippen molar-refractivity contribution in [2.24, 2.45) is 0 Å². The van der Waals surface area contributed by atoms with Gasteiger partial charge in [0.25, 0.3) is 0 Å². The summed E-state index contributed by atoms with van der Waals surface area (Å²) in [5.74, 6) is 1.71. The van der Waals surface area contributed by atoms with E-state index in [4.69, 9.17) is 5.73 Å². The monoisotopic (exact) mass is 263 g/mol. The first-order valence-corrected chi connectivity index (χ1v) is 6.52. The highest BCUT2D eigenvalue weighted by Gasteiger charge is 2.19. The third kappa shape index (κ3) is 1.88. The standard InChI is InChI=1S/C12H10FN3OS/c13-7-1-6(2-8(17)3-7)12-15-10-5-18-4-9(10)11(14)16-12/h1-3,17H,4-5H2,(H2,14,15,16). The maximum absolute atomic E-state index is 13.2. The Kier molecular flexibility index (Phi) is 2.59. The number of aromatic hydroxyl groups is 1. The lowest BCUT2D eigenvalue weighted by atomic mass is 10.1. The number of fused-ring (bicyclic) bond motifs is 1. The largest absolute Gasteiger partial charge is 0.508 e. The molecule has 3 rings (SSSR count). The van der Waals surface area contributed by atoms with Crippen molar-refractivity contribution >= 4 is 17.6 Å². The quantitative estimate of drug-likeness (QED) is 0.826. The number of rotatable bonds is 1. The number of phenols is 1. The highest BCUT2D eigenvalue weighted by Crippen LogP contribution is 2.33. The van der Waals surface area contributed by atoms with Crippen molar-refractivity contribution < 1.29 is 9.50 Å². The number of aromatic nitrogens is 2. The van der Waals surface area contributed by atoms with Crippen LogP contribution in [-0.4, -0.2) is 15.1 Å². The van der Waals surface area contributed by atoms with E-state index < -0.39 is 5.82 Å². The number of nitrogen functional groups attached to an aromatic ring is 1. The van der Waals surface area contributed by atoms with Crippen LogP contribution < -0.4 is 5.73 Å². The molecule has 6 heteroatoms. The van der Waals surface area contributed by atoms with Crippen LogP contribution in [-0.2, 0) is 11.5 Å². The van der Waals surface area contributed by atoms with Crippen molar-refractivity contribution in [3.8, 4) is 17.1 Å². The number of thioether (sulfide) groups is 1. The molecule has 0 aliphatic carbocycles. The van der Waals surface area contributed by atoms with E-state index in [0.29, 0.717) is 17.2 Å². The highest BCUT2D eigenvalue weighted by molar-refractivity contribution is 7.98. The van der Waals surface area contributed by atoms with Crippen LogP contribution in [0.4, 0.5) is 10.2 Å². The van der Waals surface area contributed by atoms with Crippen LogP contribution in [0, 0.1) is 5.82 Å². The lowest BCUT2D eigenvalue weighted by Crippen LogP contribution is -2.02. The Morgan fingerprint density at radius 2 is 2.06 bits per heavy atom. The van der Waals surface area contributed by atoms with Crippen molar-refractivity contribution in [1.29, 1.82) is 0 Å². The first kappa shape index (κ1) is 11.3. The zero-order valence-corrected chi connectivity index (χ0v) is 10.2. The Hall–Kier alpha value is -1.82. The van der Waals surface area contributed by atoms with E-state index in [0.717, 1.165) is 28.8 Å². The van der Waals surface area contributed by atoms with E-state index in [1.807, 2.05) is 0 Å².